The van der Waals surface area contributed by atoms with Gasteiger partial charge in [0.15, 0.2) is 0 Å². The number of hydrogen-bond donors (Lipinski definition) is 0. The van der Waals surface area contributed by atoms with Crippen molar-refractivity contribution in [1.82, 2.24) is 4.98 Å². The van der Waals surface area contributed by atoms with Crippen LogP contribution in [0.25, 0.3) is 72.6 Å². The molecule has 244 valence electrons. The zero-order valence-electron chi connectivity index (χ0n) is 28.8. The number of nitrogens with zero attached hydrogens (tertiary/aromatic N) is 1. The summed E-state index contributed by atoms with van der Waals surface area (Å²) in [5.74, 6) is 0. The molecule has 0 bridgehead atoms. The van der Waals surface area contributed by atoms with Crippen LogP contribution in [0.15, 0.2) is 201 Å². The van der Waals surface area contributed by atoms with E-state index < -0.39 is 0 Å². The molecule has 51 heavy (non-hydrogen) atoms. The fourth-order valence-corrected chi connectivity index (χ4v) is 6.84. The fourth-order valence-electron chi connectivity index (χ4n) is 6.84. The molecular formula is C50H39N. The van der Waals surface area contributed by atoms with Crippen LogP contribution < -0.4 is 0 Å². The second-order valence-electron chi connectivity index (χ2n) is 13.6. The molecule has 6 aromatic carbocycles. The quantitative estimate of drug-likeness (QED) is 0.149. The molecule has 0 N–H and O–H groups in total. The lowest BCUT2D eigenvalue weighted by Crippen LogP contribution is -2.10. The van der Waals surface area contributed by atoms with Gasteiger partial charge >= 0.3 is 0 Å². The second kappa shape index (κ2) is 13.9. The van der Waals surface area contributed by atoms with Crippen LogP contribution in [0, 0.1) is 5.41 Å². The van der Waals surface area contributed by atoms with E-state index in [1.54, 1.807) is 0 Å². The number of aromatic nitrogens is 1. The van der Waals surface area contributed by atoms with E-state index in [-0.39, 0.29) is 5.41 Å². The third-order valence-corrected chi connectivity index (χ3v) is 9.95. The summed E-state index contributed by atoms with van der Waals surface area (Å²) in [7, 11) is 0. The summed E-state index contributed by atoms with van der Waals surface area (Å²) in [6, 6.07) is 60.8. The third-order valence-electron chi connectivity index (χ3n) is 9.95. The molecule has 0 saturated heterocycles. The highest BCUT2D eigenvalue weighted by atomic mass is 14.7. The lowest BCUT2D eigenvalue weighted by molar-refractivity contribution is 0.560. The minimum atomic E-state index is 0.0299. The summed E-state index contributed by atoms with van der Waals surface area (Å²) in [6.45, 7) is 6.25. The summed E-state index contributed by atoms with van der Waals surface area (Å²) >= 11 is 0. The van der Waals surface area contributed by atoms with Gasteiger partial charge in [-0.05, 0) is 98.5 Å². The van der Waals surface area contributed by atoms with Gasteiger partial charge in [0.2, 0.25) is 0 Å². The first kappa shape index (κ1) is 31.9. The largest absolute Gasteiger partial charge is 0.248 e. The molecule has 1 heterocycles. The van der Waals surface area contributed by atoms with Crippen molar-refractivity contribution in [3.63, 3.8) is 0 Å². The van der Waals surface area contributed by atoms with E-state index in [9.17, 15) is 0 Å². The van der Waals surface area contributed by atoms with Gasteiger partial charge in [-0.2, -0.15) is 0 Å². The van der Waals surface area contributed by atoms with E-state index in [1.807, 2.05) is 18.2 Å². The topological polar surface area (TPSA) is 12.9 Å². The van der Waals surface area contributed by atoms with Crippen molar-refractivity contribution in [2.24, 2.45) is 5.41 Å². The lowest BCUT2D eigenvalue weighted by Gasteiger charge is -2.24. The van der Waals surface area contributed by atoms with Gasteiger partial charge in [0, 0.05) is 16.5 Å². The Morgan fingerprint density at radius 1 is 0.451 bits per heavy atom. The molecule has 1 aliphatic rings. The van der Waals surface area contributed by atoms with Gasteiger partial charge in [0.1, 0.15) is 0 Å². The van der Waals surface area contributed by atoms with Crippen LogP contribution in [-0.4, -0.2) is 4.98 Å². The highest BCUT2D eigenvalue weighted by Crippen LogP contribution is 2.37. The highest BCUT2D eigenvalue weighted by molar-refractivity contribution is 5.83. The summed E-state index contributed by atoms with van der Waals surface area (Å²) < 4.78 is 0. The Bertz CT molecular complexity index is 2360. The van der Waals surface area contributed by atoms with Crippen LogP contribution in [0.4, 0.5) is 0 Å². The maximum atomic E-state index is 5.08. The Morgan fingerprint density at radius 3 is 1.22 bits per heavy atom. The van der Waals surface area contributed by atoms with Gasteiger partial charge in [-0.15, -0.1) is 6.58 Å². The molecule has 0 radical (unpaired) electrons. The molecule has 0 fully saturated rings. The minimum absolute atomic E-state index is 0.0299. The van der Waals surface area contributed by atoms with Crippen LogP contribution >= 0.6 is 0 Å². The Morgan fingerprint density at radius 2 is 0.824 bits per heavy atom. The first-order valence-corrected chi connectivity index (χ1v) is 17.6. The molecule has 0 spiro atoms. The summed E-state index contributed by atoms with van der Waals surface area (Å²) in [5, 5.41) is 0. The number of hydrogen-bond acceptors (Lipinski definition) is 1. The third kappa shape index (κ3) is 6.93. The summed E-state index contributed by atoms with van der Waals surface area (Å²) in [4.78, 5) is 5.08. The Hall–Kier alpha value is -6.31. The van der Waals surface area contributed by atoms with Crippen LogP contribution in [0.3, 0.4) is 0 Å². The number of allylic oxidation sites excluding steroid dienone is 5. The highest BCUT2D eigenvalue weighted by Gasteiger charge is 2.19. The number of rotatable bonds is 8. The Labute approximate surface area is 301 Å². The second-order valence-corrected chi connectivity index (χ2v) is 13.6. The van der Waals surface area contributed by atoms with Crippen molar-refractivity contribution >= 4 is 5.57 Å². The molecular weight excluding hydrogens is 615 g/mol. The predicted molar refractivity (Wildman–Crippen MR) is 217 cm³/mol. The molecule has 0 saturated carbocycles. The monoisotopic (exact) mass is 653 g/mol. The average Bonchev–Trinajstić information content (AvgIpc) is 3.22. The zero-order chi connectivity index (χ0) is 34.6. The number of benzene rings is 6. The molecule has 1 nitrogen and oxygen atoms in total. The zero-order valence-corrected chi connectivity index (χ0v) is 28.8. The van der Waals surface area contributed by atoms with E-state index in [1.165, 1.54) is 44.5 Å². The van der Waals surface area contributed by atoms with Crippen LogP contribution in [0.1, 0.15) is 18.9 Å². The van der Waals surface area contributed by atoms with Crippen molar-refractivity contribution in [1.29, 1.82) is 0 Å². The van der Waals surface area contributed by atoms with Gasteiger partial charge in [-0.25, -0.2) is 4.98 Å². The van der Waals surface area contributed by atoms with E-state index in [2.05, 4.69) is 189 Å². The molecule has 1 unspecified atom stereocenters. The first-order valence-electron chi connectivity index (χ1n) is 17.6. The molecule has 1 aliphatic carbocycles. The summed E-state index contributed by atoms with van der Waals surface area (Å²) in [6.07, 6.45) is 9.84. The van der Waals surface area contributed by atoms with Gasteiger partial charge in [-0.1, -0.05) is 165 Å². The maximum Gasteiger partial charge on any atom is 0.0715 e. The molecule has 7 aromatic rings. The average molecular weight is 654 g/mol. The predicted octanol–water partition coefficient (Wildman–Crippen LogP) is 13.6. The Balaban J connectivity index is 1.11. The van der Waals surface area contributed by atoms with E-state index >= 15 is 0 Å². The van der Waals surface area contributed by atoms with Crippen molar-refractivity contribution in [2.75, 3.05) is 0 Å². The lowest BCUT2D eigenvalue weighted by atomic mass is 9.81. The molecule has 0 aliphatic heterocycles. The standard InChI is InChI=1S/C50H39N/c1-3-50(2)28-26-36(27-29-50)39-18-10-19-40(30-39)41-20-11-21-42(31-41)43-22-12-23-44(32-43)45-24-13-25-46(33-45)47-34-48(37-14-6-4-7-15-37)51-49(35-47)38-16-8-5-9-17-38/h3-28,30-35H,1,29H2,2H3. The van der Waals surface area contributed by atoms with Crippen molar-refractivity contribution < 1.29 is 0 Å². The molecule has 1 aromatic heterocycles. The number of pyridine rings is 1. The smallest absolute Gasteiger partial charge is 0.0715 e. The Kier molecular flexibility index (Phi) is 8.70. The molecule has 8 rings (SSSR count). The van der Waals surface area contributed by atoms with E-state index in [0.29, 0.717) is 0 Å². The van der Waals surface area contributed by atoms with Crippen LogP contribution in [0.5, 0.6) is 0 Å². The van der Waals surface area contributed by atoms with Crippen LogP contribution in [-0.2, 0) is 0 Å². The molecule has 1 heteroatoms. The normalized spacial score (nSPS) is 15.3. The molecule has 1 atom stereocenters. The van der Waals surface area contributed by atoms with Crippen molar-refractivity contribution in [3.05, 3.63) is 206 Å². The summed E-state index contributed by atoms with van der Waals surface area (Å²) in [5.41, 5.74) is 16.2. The SMILES string of the molecule is C=CC1(C)C=CC(c2cccc(-c3cccc(-c4cccc(-c5cccc(-c6cc(-c7ccccc7)nc(-c7ccccc7)c6)c5)c4)c3)c2)=CC1. The van der Waals surface area contributed by atoms with E-state index in [4.69, 9.17) is 4.98 Å². The maximum absolute atomic E-state index is 5.08. The van der Waals surface area contributed by atoms with Gasteiger partial charge in [0.25, 0.3) is 0 Å². The molecule has 0 amide bonds. The minimum Gasteiger partial charge on any atom is -0.248 e. The van der Waals surface area contributed by atoms with E-state index in [0.717, 1.165) is 40.1 Å². The fraction of sp³-hybridized carbons (Fsp3) is 0.0600. The van der Waals surface area contributed by atoms with Gasteiger partial charge in [0.05, 0.1) is 11.4 Å². The first-order chi connectivity index (χ1) is 25.0. The van der Waals surface area contributed by atoms with Crippen LogP contribution in [0.2, 0.25) is 0 Å². The van der Waals surface area contributed by atoms with Gasteiger partial charge < -0.3 is 0 Å². The van der Waals surface area contributed by atoms with Crippen molar-refractivity contribution in [3.8, 4) is 67.0 Å². The van der Waals surface area contributed by atoms with Crippen molar-refractivity contribution in [2.45, 2.75) is 13.3 Å². The van der Waals surface area contributed by atoms with Gasteiger partial charge in [-0.3, -0.25) is 0 Å².